The second-order valence-electron chi connectivity index (χ2n) is 6.22. The van der Waals surface area contributed by atoms with Gasteiger partial charge in [-0.15, -0.1) is 0 Å². The van der Waals surface area contributed by atoms with Crippen molar-refractivity contribution in [1.29, 1.82) is 0 Å². The quantitative estimate of drug-likeness (QED) is 0.699. The summed E-state index contributed by atoms with van der Waals surface area (Å²) < 4.78 is 15.2. The number of aryl methyl sites for hydroxylation is 1. The van der Waals surface area contributed by atoms with Crippen molar-refractivity contribution in [2.75, 3.05) is 0 Å². The first-order valence-corrected chi connectivity index (χ1v) is 8.48. The molecule has 134 valence electrons. The van der Waals surface area contributed by atoms with Crippen LogP contribution in [0.25, 0.3) is 10.9 Å². The summed E-state index contributed by atoms with van der Waals surface area (Å²) in [6.07, 6.45) is 2.78. The molecular formula is C19H15BFN3O3. The molecule has 2 heterocycles. The highest BCUT2D eigenvalue weighted by Crippen LogP contribution is 2.15. The Labute approximate surface area is 154 Å². The molecule has 0 fully saturated rings. The molecule has 0 spiro atoms. The van der Waals surface area contributed by atoms with Crippen LogP contribution >= 0.6 is 0 Å². The van der Waals surface area contributed by atoms with E-state index < -0.39 is 24.2 Å². The molecule has 1 N–H and O–H groups in total. The third-order valence-electron chi connectivity index (χ3n) is 4.65. The van der Waals surface area contributed by atoms with Crippen molar-refractivity contribution in [3.8, 4) is 0 Å². The third-order valence-corrected chi connectivity index (χ3v) is 4.65. The Bertz CT molecular complexity index is 1160. The third kappa shape index (κ3) is 2.74. The molecule has 27 heavy (non-hydrogen) atoms. The van der Waals surface area contributed by atoms with Gasteiger partial charge >= 0.3 is 7.05 Å². The minimum atomic E-state index is -1.40. The van der Waals surface area contributed by atoms with Crippen LogP contribution in [-0.2, 0) is 6.54 Å². The van der Waals surface area contributed by atoms with E-state index in [0.717, 1.165) is 10.4 Å². The average molecular weight is 363 g/mol. The number of hydrogen-bond donors (Lipinski definition) is 1. The minimum absolute atomic E-state index is 0.0858. The van der Waals surface area contributed by atoms with Crippen molar-refractivity contribution in [2.45, 2.75) is 13.5 Å². The lowest BCUT2D eigenvalue weighted by molar-refractivity contribution is 0.0844. The van der Waals surface area contributed by atoms with Crippen molar-refractivity contribution in [2.24, 2.45) is 5.10 Å². The van der Waals surface area contributed by atoms with Gasteiger partial charge in [0.2, 0.25) is 5.43 Å². The maximum Gasteiger partial charge on any atom is 0.474 e. The number of aromatic nitrogens is 1. The molecule has 0 aliphatic carbocycles. The first kappa shape index (κ1) is 17.2. The van der Waals surface area contributed by atoms with Crippen LogP contribution in [0.3, 0.4) is 0 Å². The van der Waals surface area contributed by atoms with E-state index in [-0.39, 0.29) is 5.56 Å². The highest BCUT2D eigenvalue weighted by Gasteiger charge is 2.35. The van der Waals surface area contributed by atoms with Gasteiger partial charge in [-0.1, -0.05) is 18.2 Å². The zero-order chi connectivity index (χ0) is 19.1. The molecule has 1 aromatic heterocycles. The summed E-state index contributed by atoms with van der Waals surface area (Å²) >= 11 is 0. The molecular weight excluding hydrogens is 348 g/mol. The summed E-state index contributed by atoms with van der Waals surface area (Å²) in [5, 5.41) is 14.9. The van der Waals surface area contributed by atoms with Crippen LogP contribution in [-0.4, -0.2) is 33.7 Å². The normalized spacial score (nSPS) is 13.1. The van der Waals surface area contributed by atoms with Crippen LogP contribution in [0.15, 0.2) is 58.6 Å². The molecule has 1 aliphatic heterocycles. The summed E-state index contributed by atoms with van der Waals surface area (Å²) in [4.78, 5) is 26.7. The van der Waals surface area contributed by atoms with Crippen molar-refractivity contribution in [3.05, 3.63) is 75.8 Å². The second-order valence-corrected chi connectivity index (χ2v) is 6.22. The molecule has 1 amide bonds. The molecule has 0 atom stereocenters. The largest absolute Gasteiger partial charge is 0.474 e. The monoisotopic (exact) mass is 363 g/mol. The van der Waals surface area contributed by atoms with E-state index in [2.05, 4.69) is 5.10 Å². The number of pyridine rings is 1. The Kier molecular flexibility index (Phi) is 4.12. The number of carbonyl (C=O) groups is 1. The Morgan fingerprint density at radius 1 is 1.26 bits per heavy atom. The smallest absolute Gasteiger partial charge is 0.427 e. The number of hydrogen-bond acceptors (Lipinski definition) is 4. The maximum atomic E-state index is 13.4. The van der Waals surface area contributed by atoms with E-state index in [1.54, 1.807) is 16.7 Å². The lowest BCUT2D eigenvalue weighted by Crippen LogP contribution is -2.53. The molecule has 0 radical (unpaired) electrons. The molecule has 1 aliphatic rings. The Morgan fingerprint density at radius 2 is 2.04 bits per heavy atom. The zero-order valence-electron chi connectivity index (χ0n) is 14.5. The standard InChI is InChI=1S/C19H15BFN3O3/c1-2-23-11-15(18(25)14-5-3-4-6-17(14)23)19(26)24-20(27)16-8-7-13(21)9-12(16)10-22-24/h3-11,27H,2H2,1H3. The van der Waals surface area contributed by atoms with Crippen molar-refractivity contribution < 1.29 is 14.2 Å². The van der Waals surface area contributed by atoms with Gasteiger partial charge in [0.15, 0.2) is 0 Å². The van der Waals surface area contributed by atoms with Gasteiger partial charge in [0, 0.05) is 18.1 Å². The fourth-order valence-electron chi connectivity index (χ4n) is 3.26. The van der Waals surface area contributed by atoms with Gasteiger partial charge in [0.05, 0.1) is 11.7 Å². The van der Waals surface area contributed by atoms with E-state index in [1.165, 1.54) is 30.6 Å². The Balaban J connectivity index is 1.81. The number of hydrazone groups is 1. The predicted octanol–water partition coefficient (Wildman–Crippen LogP) is 1.34. The molecule has 6 nitrogen and oxygen atoms in total. The van der Waals surface area contributed by atoms with E-state index >= 15 is 0 Å². The van der Waals surface area contributed by atoms with E-state index in [4.69, 9.17) is 0 Å². The molecule has 0 bridgehead atoms. The van der Waals surface area contributed by atoms with Gasteiger partial charge in [-0.3, -0.25) is 9.59 Å². The van der Waals surface area contributed by atoms with E-state index in [9.17, 15) is 19.0 Å². The van der Waals surface area contributed by atoms with Gasteiger partial charge in [-0.2, -0.15) is 5.10 Å². The highest BCUT2D eigenvalue weighted by molar-refractivity contribution is 6.68. The number of para-hydroxylation sites is 1. The first-order valence-electron chi connectivity index (χ1n) is 8.48. The van der Waals surface area contributed by atoms with Gasteiger partial charge in [-0.05, 0) is 42.2 Å². The molecule has 0 saturated carbocycles. The molecule has 0 saturated heterocycles. The molecule has 3 aromatic rings. The summed E-state index contributed by atoms with van der Waals surface area (Å²) in [6.45, 7) is 2.47. The van der Waals surface area contributed by atoms with Gasteiger partial charge in [0.1, 0.15) is 11.4 Å². The number of rotatable bonds is 2. The van der Waals surface area contributed by atoms with Crippen LogP contribution in [0.1, 0.15) is 22.8 Å². The van der Waals surface area contributed by atoms with Crippen LogP contribution in [0, 0.1) is 5.82 Å². The topological polar surface area (TPSA) is 74.9 Å². The van der Waals surface area contributed by atoms with Crippen LogP contribution in [0.4, 0.5) is 4.39 Å². The maximum absolute atomic E-state index is 13.4. The summed E-state index contributed by atoms with van der Waals surface area (Å²) in [6, 6.07) is 10.8. The second kappa shape index (κ2) is 6.48. The van der Waals surface area contributed by atoms with Gasteiger partial charge < -0.3 is 9.59 Å². The fraction of sp³-hybridized carbons (Fsp3) is 0.105. The SMILES string of the molecule is CCn1cc(C(=O)N2N=Cc3cc(F)ccc3B2O)c(=O)c2ccccc21. The first-order chi connectivity index (χ1) is 13.0. The van der Waals surface area contributed by atoms with Crippen molar-refractivity contribution >= 4 is 35.5 Å². The van der Waals surface area contributed by atoms with Crippen LogP contribution in [0.2, 0.25) is 0 Å². The number of carbonyl (C=O) groups excluding carboxylic acids is 1. The van der Waals surface area contributed by atoms with E-state index in [1.807, 2.05) is 19.1 Å². The average Bonchev–Trinajstić information content (AvgIpc) is 2.68. The Hall–Kier alpha value is -3.26. The lowest BCUT2D eigenvalue weighted by atomic mass is 9.69. The van der Waals surface area contributed by atoms with Gasteiger partial charge in [-0.25, -0.2) is 9.31 Å². The van der Waals surface area contributed by atoms with Crippen molar-refractivity contribution in [1.82, 2.24) is 9.49 Å². The molecule has 8 heteroatoms. The lowest BCUT2D eigenvalue weighted by Gasteiger charge is -2.25. The highest BCUT2D eigenvalue weighted by atomic mass is 19.1. The van der Waals surface area contributed by atoms with Crippen molar-refractivity contribution in [3.63, 3.8) is 0 Å². The molecule has 4 rings (SSSR count). The number of nitrogens with zero attached hydrogens (tertiary/aromatic N) is 3. The molecule has 0 unspecified atom stereocenters. The number of amides is 1. The Morgan fingerprint density at radius 3 is 2.81 bits per heavy atom. The number of halogens is 1. The predicted molar refractivity (Wildman–Crippen MR) is 102 cm³/mol. The minimum Gasteiger partial charge on any atom is -0.427 e. The van der Waals surface area contributed by atoms with Crippen LogP contribution < -0.4 is 10.9 Å². The van der Waals surface area contributed by atoms with Crippen LogP contribution in [0.5, 0.6) is 0 Å². The summed E-state index contributed by atoms with van der Waals surface area (Å²) in [7, 11) is -1.40. The summed E-state index contributed by atoms with van der Waals surface area (Å²) in [5.41, 5.74) is 0.947. The van der Waals surface area contributed by atoms with E-state index in [0.29, 0.717) is 23.0 Å². The zero-order valence-corrected chi connectivity index (χ0v) is 14.5. The van der Waals surface area contributed by atoms with Gasteiger partial charge in [0.25, 0.3) is 5.91 Å². The fourth-order valence-corrected chi connectivity index (χ4v) is 3.26. The molecule has 2 aromatic carbocycles. The summed E-state index contributed by atoms with van der Waals surface area (Å²) in [5.74, 6) is -1.18. The number of fused-ring (bicyclic) bond motifs is 2. The number of benzene rings is 2.